The van der Waals surface area contributed by atoms with Gasteiger partial charge in [-0.05, 0) is 55.4 Å². The molecule has 1 aliphatic carbocycles. The molecule has 0 heterocycles. The van der Waals surface area contributed by atoms with Gasteiger partial charge in [-0.1, -0.05) is 19.8 Å². The van der Waals surface area contributed by atoms with Gasteiger partial charge in [0, 0.05) is 12.1 Å². The summed E-state index contributed by atoms with van der Waals surface area (Å²) in [6.45, 7) is 4.78. The van der Waals surface area contributed by atoms with Crippen LogP contribution in [0.15, 0.2) is 18.2 Å². The number of hydrogen-bond donors (Lipinski definition) is 1. The van der Waals surface area contributed by atoms with Crippen molar-refractivity contribution in [1.82, 2.24) is 5.32 Å². The standard InChI is InChI=1S/C16H22FNO/c1-11-4-3-5-13(8-11)10-18-16(19)15-7-6-14(17)9-12(15)2/h6-7,9,11,13H,3-5,8,10H2,1-2H3,(H,18,19). The van der Waals surface area contributed by atoms with E-state index in [0.29, 0.717) is 17.0 Å². The van der Waals surface area contributed by atoms with Crippen molar-refractivity contribution >= 4 is 5.91 Å². The van der Waals surface area contributed by atoms with Gasteiger partial charge >= 0.3 is 0 Å². The normalized spacial score (nSPS) is 23.1. The third kappa shape index (κ3) is 3.79. The molecule has 2 unspecified atom stereocenters. The van der Waals surface area contributed by atoms with Crippen LogP contribution in [0.2, 0.25) is 0 Å². The molecule has 2 rings (SSSR count). The Hall–Kier alpha value is -1.38. The number of rotatable bonds is 3. The lowest BCUT2D eigenvalue weighted by Gasteiger charge is -2.26. The SMILES string of the molecule is Cc1cc(F)ccc1C(=O)NCC1CCCC(C)C1. The molecule has 1 amide bonds. The molecule has 2 nitrogen and oxygen atoms in total. The van der Waals surface area contributed by atoms with Gasteiger partial charge in [0.15, 0.2) is 0 Å². The number of halogens is 1. The molecule has 0 saturated heterocycles. The summed E-state index contributed by atoms with van der Waals surface area (Å²) in [4.78, 5) is 12.1. The molecule has 1 N–H and O–H groups in total. The van der Waals surface area contributed by atoms with Gasteiger partial charge in [0.1, 0.15) is 5.82 Å². The van der Waals surface area contributed by atoms with E-state index < -0.39 is 0 Å². The average molecular weight is 263 g/mol. The zero-order valence-electron chi connectivity index (χ0n) is 11.7. The number of amides is 1. The van der Waals surface area contributed by atoms with Gasteiger partial charge in [0.25, 0.3) is 5.91 Å². The van der Waals surface area contributed by atoms with Gasteiger partial charge in [0.2, 0.25) is 0 Å². The Morgan fingerprint density at radius 2 is 2.21 bits per heavy atom. The number of hydrogen-bond acceptors (Lipinski definition) is 1. The summed E-state index contributed by atoms with van der Waals surface area (Å²) in [7, 11) is 0. The maximum absolute atomic E-state index is 13.0. The molecular formula is C16H22FNO. The second kappa shape index (κ2) is 6.18. The van der Waals surface area contributed by atoms with E-state index in [1.54, 1.807) is 13.0 Å². The van der Waals surface area contributed by atoms with Crippen molar-refractivity contribution in [3.05, 3.63) is 35.1 Å². The van der Waals surface area contributed by atoms with Crippen LogP contribution in [0.3, 0.4) is 0 Å². The molecule has 0 aliphatic heterocycles. The monoisotopic (exact) mass is 263 g/mol. The first kappa shape index (κ1) is 14.0. The molecule has 0 radical (unpaired) electrons. The van der Waals surface area contributed by atoms with Gasteiger partial charge in [-0.2, -0.15) is 0 Å². The van der Waals surface area contributed by atoms with Gasteiger partial charge in [-0.3, -0.25) is 4.79 Å². The summed E-state index contributed by atoms with van der Waals surface area (Å²) in [5.74, 6) is 0.975. The van der Waals surface area contributed by atoms with Crippen LogP contribution < -0.4 is 5.32 Å². The van der Waals surface area contributed by atoms with E-state index in [-0.39, 0.29) is 11.7 Å². The minimum absolute atomic E-state index is 0.0873. The molecule has 2 atom stereocenters. The zero-order valence-corrected chi connectivity index (χ0v) is 11.7. The van der Waals surface area contributed by atoms with Crippen molar-refractivity contribution in [3.63, 3.8) is 0 Å². The lowest BCUT2D eigenvalue weighted by atomic mass is 9.82. The number of nitrogens with one attached hydrogen (secondary N) is 1. The molecule has 1 saturated carbocycles. The van der Waals surface area contributed by atoms with Crippen molar-refractivity contribution in [1.29, 1.82) is 0 Å². The van der Waals surface area contributed by atoms with Crippen molar-refractivity contribution in [2.45, 2.75) is 39.5 Å². The van der Waals surface area contributed by atoms with E-state index in [1.165, 1.54) is 37.8 Å². The summed E-state index contributed by atoms with van der Waals surface area (Å²) >= 11 is 0. The Bertz CT molecular complexity index is 458. The highest BCUT2D eigenvalue weighted by Gasteiger charge is 2.19. The smallest absolute Gasteiger partial charge is 0.251 e. The van der Waals surface area contributed by atoms with E-state index in [4.69, 9.17) is 0 Å². The number of benzene rings is 1. The first-order valence-electron chi connectivity index (χ1n) is 7.10. The molecule has 104 valence electrons. The Balaban J connectivity index is 1.90. The van der Waals surface area contributed by atoms with Crippen LogP contribution in [-0.2, 0) is 0 Å². The van der Waals surface area contributed by atoms with Crippen LogP contribution >= 0.6 is 0 Å². The summed E-state index contributed by atoms with van der Waals surface area (Å²) in [5.41, 5.74) is 1.26. The topological polar surface area (TPSA) is 29.1 Å². The van der Waals surface area contributed by atoms with E-state index in [1.807, 2.05) is 0 Å². The largest absolute Gasteiger partial charge is 0.352 e. The quantitative estimate of drug-likeness (QED) is 0.885. The van der Waals surface area contributed by atoms with E-state index in [9.17, 15) is 9.18 Å². The number of carbonyl (C=O) groups excluding carboxylic acids is 1. The second-order valence-electron chi connectivity index (χ2n) is 5.81. The fourth-order valence-corrected chi connectivity index (χ4v) is 2.96. The molecule has 1 aromatic carbocycles. The lowest BCUT2D eigenvalue weighted by Crippen LogP contribution is -2.31. The molecule has 1 fully saturated rings. The number of aryl methyl sites for hydroxylation is 1. The summed E-state index contributed by atoms with van der Waals surface area (Å²) in [6, 6.07) is 4.30. The second-order valence-corrected chi connectivity index (χ2v) is 5.81. The van der Waals surface area contributed by atoms with Crippen molar-refractivity contribution < 1.29 is 9.18 Å². The molecule has 19 heavy (non-hydrogen) atoms. The molecule has 0 spiro atoms. The predicted octanol–water partition coefficient (Wildman–Crippen LogP) is 3.69. The van der Waals surface area contributed by atoms with E-state index in [0.717, 1.165) is 12.5 Å². The molecular weight excluding hydrogens is 241 g/mol. The van der Waals surface area contributed by atoms with Crippen LogP contribution in [0.25, 0.3) is 0 Å². The Kier molecular flexibility index (Phi) is 4.56. The minimum atomic E-state index is -0.296. The highest BCUT2D eigenvalue weighted by molar-refractivity contribution is 5.95. The highest BCUT2D eigenvalue weighted by atomic mass is 19.1. The van der Waals surface area contributed by atoms with Crippen LogP contribution in [0, 0.1) is 24.6 Å². The van der Waals surface area contributed by atoms with Crippen molar-refractivity contribution in [2.75, 3.05) is 6.54 Å². The Labute approximate surface area is 114 Å². The zero-order chi connectivity index (χ0) is 13.8. The van der Waals surface area contributed by atoms with E-state index >= 15 is 0 Å². The summed E-state index contributed by atoms with van der Waals surface area (Å²) < 4.78 is 13.0. The molecule has 0 aromatic heterocycles. The third-order valence-corrected chi connectivity index (χ3v) is 4.03. The maximum Gasteiger partial charge on any atom is 0.251 e. The molecule has 1 aliphatic rings. The van der Waals surface area contributed by atoms with Crippen molar-refractivity contribution in [3.8, 4) is 0 Å². The molecule has 3 heteroatoms. The highest BCUT2D eigenvalue weighted by Crippen LogP contribution is 2.28. The van der Waals surface area contributed by atoms with Crippen LogP contribution in [-0.4, -0.2) is 12.5 Å². The summed E-state index contributed by atoms with van der Waals surface area (Å²) in [6.07, 6.45) is 4.97. The van der Waals surface area contributed by atoms with Crippen molar-refractivity contribution in [2.24, 2.45) is 11.8 Å². The lowest BCUT2D eigenvalue weighted by molar-refractivity contribution is 0.0940. The van der Waals surface area contributed by atoms with E-state index in [2.05, 4.69) is 12.2 Å². The van der Waals surface area contributed by atoms with Crippen LogP contribution in [0.5, 0.6) is 0 Å². The van der Waals surface area contributed by atoms with Crippen LogP contribution in [0.1, 0.15) is 48.5 Å². The molecule has 0 bridgehead atoms. The summed E-state index contributed by atoms with van der Waals surface area (Å²) in [5, 5.41) is 2.99. The molecule has 1 aromatic rings. The van der Waals surface area contributed by atoms with Gasteiger partial charge in [-0.15, -0.1) is 0 Å². The average Bonchev–Trinajstić information content (AvgIpc) is 2.36. The Morgan fingerprint density at radius 3 is 2.89 bits per heavy atom. The first-order chi connectivity index (χ1) is 9.06. The first-order valence-corrected chi connectivity index (χ1v) is 7.10. The van der Waals surface area contributed by atoms with Gasteiger partial charge < -0.3 is 5.32 Å². The van der Waals surface area contributed by atoms with Gasteiger partial charge in [0.05, 0.1) is 0 Å². The fraction of sp³-hybridized carbons (Fsp3) is 0.562. The third-order valence-electron chi connectivity index (χ3n) is 4.03. The predicted molar refractivity (Wildman–Crippen MR) is 74.6 cm³/mol. The fourth-order valence-electron chi connectivity index (χ4n) is 2.96. The maximum atomic E-state index is 13.0. The van der Waals surface area contributed by atoms with Crippen LogP contribution in [0.4, 0.5) is 4.39 Å². The Morgan fingerprint density at radius 1 is 1.42 bits per heavy atom. The minimum Gasteiger partial charge on any atom is -0.352 e. The van der Waals surface area contributed by atoms with Gasteiger partial charge in [-0.25, -0.2) is 4.39 Å². The number of carbonyl (C=O) groups is 1.